The van der Waals surface area contributed by atoms with Gasteiger partial charge >= 0.3 is 5.97 Å². The van der Waals surface area contributed by atoms with Gasteiger partial charge in [-0.05, 0) is 35.6 Å². The van der Waals surface area contributed by atoms with Crippen LogP contribution in [0.4, 0.5) is 4.39 Å². The molecule has 3 aromatic rings. The minimum Gasteiger partial charge on any atom is -0.481 e. The minimum absolute atomic E-state index is 0.192. The summed E-state index contributed by atoms with van der Waals surface area (Å²) in [5.41, 5.74) is 1.84. The van der Waals surface area contributed by atoms with Gasteiger partial charge in [0, 0.05) is 0 Å². The molecular weight excluding hydrogens is 291 g/mol. The number of aromatic nitrogens is 2. The van der Waals surface area contributed by atoms with Crippen molar-refractivity contribution in [3.05, 3.63) is 59.1 Å². The lowest BCUT2D eigenvalue weighted by Gasteiger charge is -2.12. The van der Waals surface area contributed by atoms with Crippen molar-refractivity contribution < 1.29 is 14.3 Å². The SMILES string of the molecule is O=C(O)C(Cc1cccc(F)c1)c1ncnc2ccsc12. The molecule has 0 bridgehead atoms. The van der Waals surface area contributed by atoms with E-state index in [1.807, 2.05) is 11.4 Å². The highest BCUT2D eigenvalue weighted by Crippen LogP contribution is 2.29. The van der Waals surface area contributed by atoms with Gasteiger partial charge in [0.1, 0.15) is 18.1 Å². The lowest BCUT2D eigenvalue weighted by molar-refractivity contribution is -0.138. The van der Waals surface area contributed by atoms with Crippen LogP contribution in [0.25, 0.3) is 10.2 Å². The topological polar surface area (TPSA) is 63.1 Å². The van der Waals surface area contributed by atoms with E-state index in [4.69, 9.17) is 0 Å². The molecule has 0 aliphatic rings. The van der Waals surface area contributed by atoms with Gasteiger partial charge in [-0.15, -0.1) is 11.3 Å². The smallest absolute Gasteiger partial charge is 0.312 e. The molecule has 0 amide bonds. The number of fused-ring (bicyclic) bond motifs is 1. The number of aliphatic carboxylic acids is 1. The Labute approximate surface area is 123 Å². The van der Waals surface area contributed by atoms with Gasteiger partial charge in [0.05, 0.1) is 15.9 Å². The molecule has 21 heavy (non-hydrogen) atoms. The van der Waals surface area contributed by atoms with E-state index in [-0.39, 0.29) is 12.2 Å². The zero-order valence-corrected chi connectivity index (χ0v) is 11.7. The molecule has 0 aliphatic heterocycles. The van der Waals surface area contributed by atoms with Crippen LogP contribution >= 0.6 is 11.3 Å². The monoisotopic (exact) mass is 302 g/mol. The summed E-state index contributed by atoms with van der Waals surface area (Å²) >= 11 is 1.41. The Morgan fingerprint density at radius 2 is 2.19 bits per heavy atom. The van der Waals surface area contributed by atoms with Crippen molar-refractivity contribution in [2.45, 2.75) is 12.3 Å². The first-order valence-corrected chi connectivity index (χ1v) is 7.18. The predicted octanol–water partition coefficient (Wildman–Crippen LogP) is 3.24. The highest BCUT2D eigenvalue weighted by Gasteiger charge is 2.25. The van der Waals surface area contributed by atoms with Gasteiger partial charge in [-0.3, -0.25) is 4.79 Å². The van der Waals surface area contributed by atoms with Crippen LogP contribution in [-0.4, -0.2) is 21.0 Å². The van der Waals surface area contributed by atoms with Gasteiger partial charge in [0.15, 0.2) is 0 Å². The molecular formula is C15H11FN2O2S. The molecule has 3 rings (SSSR count). The van der Waals surface area contributed by atoms with Crippen molar-refractivity contribution in [1.82, 2.24) is 9.97 Å². The lowest BCUT2D eigenvalue weighted by Crippen LogP contribution is -2.16. The van der Waals surface area contributed by atoms with E-state index in [1.54, 1.807) is 12.1 Å². The van der Waals surface area contributed by atoms with Crippen molar-refractivity contribution >= 4 is 27.5 Å². The molecule has 0 aliphatic carbocycles. The molecule has 0 saturated heterocycles. The van der Waals surface area contributed by atoms with Gasteiger partial charge in [0.25, 0.3) is 0 Å². The van der Waals surface area contributed by atoms with Crippen molar-refractivity contribution in [3.63, 3.8) is 0 Å². The molecule has 0 fully saturated rings. The summed E-state index contributed by atoms with van der Waals surface area (Å²) in [7, 11) is 0. The first-order valence-electron chi connectivity index (χ1n) is 6.30. The fourth-order valence-corrected chi connectivity index (χ4v) is 3.15. The van der Waals surface area contributed by atoms with Gasteiger partial charge < -0.3 is 5.11 Å². The Bertz CT molecular complexity index is 803. The van der Waals surface area contributed by atoms with E-state index >= 15 is 0 Å². The van der Waals surface area contributed by atoms with Crippen molar-refractivity contribution in [2.24, 2.45) is 0 Å². The van der Waals surface area contributed by atoms with Crippen LogP contribution < -0.4 is 0 Å². The van der Waals surface area contributed by atoms with E-state index in [1.165, 1.54) is 29.8 Å². The Kier molecular flexibility index (Phi) is 3.62. The summed E-state index contributed by atoms with van der Waals surface area (Å²) in [4.78, 5) is 19.9. The minimum atomic E-state index is -0.979. The molecule has 0 radical (unpaired) electrons. The Hall–Kier alpha value is -2.34. The van der Waals surface area contributed by atoms with Crippen LogP contribution in [0, 0.1) is 5.82 Å². The fourth-order valence-electron chi connectivity index (χ4n) is 2.26. The van der Waals surface area contributed by atoms with Crippen LogP contribution in [0.5, 0.6) is 0 Å². The number of carbonyl (C=O) groups is 1. The van der Waals surface area contributed by atoms with E-state index in [0.717, 1.165) is 10.2 Å². The van der Waals surface area contributed by atoms with Crippen LogP contribution in [-0.2, 0) is 11.2 Å². The first-order chi connectivity index (χ1) is 10.1. The van der Waals surface area contributed by atoms with Gasteiger partial charge in [0.2, 0.25) is 0 Å². The van der Waals surface area contributed by atoms with Crippen molar-refractivity contribution in [2.75, 3.05) is 0 Å². The zero-order chi connectivity index (χ0) is 14.8. The maximum atomic E-state index is 13.3. The number of thiophene rings is 1. The van der Waals surface area contributed by atoms with E-state index in [9.17, 15) is 14.3 Å². The number of carboxylic acids is 1. The molecule has 2 heterocycles. The maximum absolute atomic E-state index is 13.3. The average Bonchev–Trinajstić information content (AvgIpc) is 2.93. The molecule has 1 aromatic carbocycles. The zero-order valence-electron chi connectivity index (χ0n) is 10.9. The Morgan fingerprint density at radius 1 is 1.33 bits per heavy atom. The number of carboxylic acid groups (broad SMARTS) is 1. The van der Waals surface area contributed by atoms with Crippen LogP contribution in [0.2, 0.25) is 0 Å². The molecule has 6 heteroatoms. The quantitative estimate of drug-likeness (QED) is 0.803. The second-order valence-electron chi connectivity index (χ2n) is 4.62. The number of halogens is 1. The summed E-state index contributed by atoms with van der Waals surface area (Å²) in [6.07, 6.45) is 1.56. The number of rotatable bonds is 4. The Morgan fingerprint density at radius 3 is 2.95 bits per heavy atom. The largest absolute Gasteiger partial charge is 0.481 e. The number of benzene rings is 1. The highest BCUT2D eigenvalue weighted by molar-refractivity contribution is 7.17. The number of hydrogen-bond acceptors (Lipinski definition) is 4. The predicted molar refractivity (Wildman–Crippen MR) is 77.9 cm³/mol. The summed E-state index contributed by atoms with van der Waals surface area (Å²) < 4.78 is 14.0. The number of hydrogen-bond donors (Lipinski definition) is 1. The number of nitrogens with zero attached hydrogens (tertiary/aromatic N) is 2. The van der Waals surface area contributed by atoms with Crippen LogP contribution in [0.15, 0.2) is 42.0 Å². The molecule has 1 N–H and O–H groups in total. The van der Waals surface area contributed by atoms with Crippen molar-refractivity contribution in [3.8, 4) is 0 Å². The average molecular weight is 302 g/mol. The van der Waals surface area contributed by atoms with Gasteiger partial charge in [-0.2, -0.15) is 0 Å². The maximum Gasteiger partial charge on any atom is 0.312 e. The van der Waals surface area contributed by atoms with E-state index in [0.29, 0.717) is 11.3 Å². The van der Waals surface area contributed by atoms with Crippen LogP contribution in [0.3, 0.4) is 0 Å². The molecule has 1 unspecified atom stereocenters. The Balaban J connectivity index is 2.02. The third-order valence-corrected chi connectivity index (χ3v) is 4.15. The summed E-state index contributed by atoms with van der Waals surface area (Å²) in [5.74, 6) is -2.18. The second-order valence-corrected chi connectivity index (χ2v) is 5.53. The second kappa shape index (κ2) is 5.57. The molecule has 2 aromatic heterocycles. The summed E-state index contributed by atoms with van der Waals surface area (Å²) in [6.45, 7) is 0. The molecule has 0 spiro atoms. The molecule has 106 valence electrons. The summed E-state index contributed by atoms with van der Waals surface area (Å²) in [5, 5.41) is 11.4. The molecule has 4 nitrogen and oxygen atoms in total. The van der Waals surface area contributed by atoms with Crippen molar-refractivity contribution in [1.29, 1.82) is 0 Å². The lowest BCUT2D eigenvalue weighted by atomic mass is 9.95. The molecule has 1 atom stereocenters. The van der Waals surface area contributed by atoms with Crippen LogP contribution in [0.1, 0.15) is 17.2 Å². The fraction of sp³-hybridized carbons (Fsp3) is 0.133. The third-order valence-electron chi connectivity index (χ3n) is 3.23. The van der Waals surface area contributed by atoms with Gasteiger partial charge in [-0.25, -0.2) is 14.4 Å². The van der Waals surface area contributed by atoms with E-state index < -0.39 is 11.9 Å². The third kappa shape index (κ3) is 2.75. The van der Waals surface area contributed by atoms with E-state index in [2.05, 4.69) is 9.97 Å². The highest BCUT2D eigenvalue weighted by atomic mass is 32.1. The first kappa shape index (κ1) is 13.6. The molecule has 0 saturated carbocycles. The standard InChI is InChI=1S/C15H11FN2O2S/c16-10-3-1-2-9(6-10)7-11(15(19)20)13-14-12(4-5-21-14)17-8-18-13/h1-6,8,11H,7H2,(H,19,20). The van der Waals surface area contributed by atoms with Gasteiger partial charge in [-0.1, -0.05) is 12.1 Å². The summed E-state index contributed by atoms with van der Waals surface area (Å²) in [6, 6.07) is 7.80. The normalized spacial score (nSPS) is 12.4.